The topological polar surface area (TPSA) is 48.6 Å². The molecule has 284 valence electrons. The first-order valence-corrected chi connectivity index (χ1v) is 19.9. The quantitative estimate of drug-likeness (QED) is 0.137. The lowest BCUT2D eigenvalue weighted by Gasteiger charge is -2.29. The molecule has 9 rings (SSSR count). The molecular formula is C54H46N2O2. The Balaban J connectivity index is 1.12. The van der Waals surface area contributed by atoms with Crippen molar-refractivity contribution in [3.05, 3.63) is 222 Å². The molecule has 8 aromatic rings. The Hall–Kier alpha value is -6.72. The van der Waals surface area contributed by atoms with Crippen LogP contribution >= 0.6 is 0 Å². The van der Waals surface area contributed by atoms with E-state index in [9.17, 15) is 10.2 Å². The van der Waals surface area contributed by atoms with E-state index in [4.69, 9.17) is 0 Å². The van der Waals surface area contributed by atoms with E-state index in [1.165, 1.54) is 38.6 Å². The maximum atomic E-state index is 9.89. The van der Waals surface area contributed by atoms with Gasteiger partial charge in [-0.25, -0.2) is 0 Å². The fourth-order valence-corrected chi connectivity index (χ4v) is 8.68. The van der Waals surface area contributed by atoms with Crippen molar-refractivity contribution in [3.8, 4) is 27.9 Å². The molecule has 0 fully saturated rings. The number of rotatable bonds is 10. The van der Waals surface area contributed by atoms with E-state index in [2.05, 4.69) is 182 Å². The summed E-state index contributed by atoms with van der Waals surface area (Å²) in [6, 6.07) is 58.0. The predicted molar refractivity (Wildman–Crippen MR) is 242 cm³/mol. The van der Waals surface area contributed by atoms with Crippen LogP contribution in [0.15, 0.2) is 200 Å². The van der Waals surface area contributed by atoms with Crippen LogP contribution < -0.4 is 4.90 Å². The highest BCUT2D eigenvalue weighted by atomic mass is 16.3. The number of aromatic nitrogens is 1. The molecule has 4 nitrogen and oxygen atoms in total. The van der Waals surface area contributed by atoms with Crippen molar-refractivity contribution >= 4 is 33.2 Å². The number of hydrogen-bond donors (Lipinski definition) is 2. The molecule has 0 amide bonds. The van der Waals surface area contributed by atoms with Crippen LogP contribution in [-0.2, 0) is 25.0 Å². The summed E-state index contributed by atoms with van der Waals surface area (Å²) in [4.78, 5) is 2.32. The van der Waals surface area contributed by atoms with Gasteiger partial charge in [0.05, 0.1) is 24.2 Å². The molecular weight excluding hydrogens is 709 g/mol. The van der Waals surface area contributed by atoms with Crippen molar-refractivity contribution in [2.75, 3.05) is 4.90 Å². The highest BCUT2D eigenvalue weighted by Gasteiger charge is 2.35. The van der Waals surface area contributed by atoms with E-state index >= 15 is 0 Å². The molecule has 0 radical (unpaired) electrons. The molecule has 0 saturated heterocycles. The number of aliphatic hydroxyl groups is 2. The lowest BCUT2D eigenvalue weighted by molar-refractivity contribution is 0.281. The van der Waals surface area contributed by atoms with Gasteiger partial charge >= 0.3 is 0 Å². The largest absolute Gasteiger partial charge is 0.392 e. The number of nitrogens with zero attached hydrogens (tertiary/aromatic N) is 2. The molecule has 0 atom stereocenters. The van der Waals surface area contributed by atoms with Gasteiger partial charge in [-0.15, -0.1) is 0 Å². The number of aliphatic hydroxyl groups excluding tert-OH is 2. The van der Waals surface area contributed by atoms with Crippen molar-refractivity contribution < 1.29 is 10.2 Å². The van der Waals surface area contributed by atoms with Crippen LogP contribution in [0.2, 0.25) is 0 Å². The van der Waals surface area contributed by atoms with E-state index in [0.29, 0.717) is 0 Å². The van der Waals surface area contributed by atoms with Gasteiger partial charge in [-0.3, -0.25) is 0 Å². The number of fused-ring (bicyclic) bond motifs is 4. The van der Waals surface area contributed by atoms with Crippen molar-refractivity contribution in [2.24, 2.45) is 0 Å². The summed E-state index contributed by atoms with van der Waals surface area (Å²) in [5, 5.41) is 21.9. The molecule has 1 aliphatic carbocycles. The zero-order chi connectivity index (χ0) is 39.8. The average molecular weight is 755 g/mol. The van der Waals surface area contributed by atoms with Crippen molar-refractivity contribution in [1.29, 1.82) is 0 Å². The molecule has 0 unspecified atom stereocenters. The number of para-hydroxylation sites is 1. The predicted octanol–water partition coefficient (Wildman–Crippen LogP) is 12.8. The minimum Gasteiger partial charge on any atom is -0.392 e. The summed E-state index contributed by atoms with van der Waals surface area (Å²) in [7, 11) is 0. The summed E-state index contributed by atoms with van der Waals surface area (Å²) in [5.74, 6) is 0. The lowest BCUT2D eigenvalue weighted by atomic mass is 9.82. The molecule has 1 aromatic heterocycles. The fraction of sp³-hybridized carbons (Fsp3) is 0.111. The summed E-state index contributed by atoms with van der Waals surface area (Å²) in [6.07, 6.45) is 7.13. The summed E-state index contributed by atoms with van der Waals surface area (Å²) >= 11 is 0. The van der Waals surface area contributed by atoms with E-state index in [-0.39, 0.29) is 18.6 Å². The van der Waals surface area contributed by atoms with Gasteiger partial charge in [0.1, 0.15) is 0 Å². The van der Waals surface area contributed by atoms with Crippen LogP contribution in [0.4, 0.5) is 11.4 Å². The Bertz CT molecular complexity index is 2840. The van der Waals surface area contributed by atoms with Crippen LogP contribution in [0.3, 0.4) is 0 Å². The second-order valence-electron chi connectivity index (χ2n) is 15.7. The van der Waals surface area contributed by atoms with Gasteiger partial charge < -0.3 is 19.7 Å². The monoisotopic (exact) mass is 754 g/mol. The molecule has 58 heavy (non-hydrogen) atoms. The van der Waals surface area contributed by atoms with Crippen LogP contribution in [0, 0.1) is 0 Å². The molecule has 0 bridgehead atoms. The third-order valence-corrected chi connectivity index (χ3v) is 11.8. The Labute approximate surface area is 340 Å². The summed E-state index contributed by atoms with van der Waals surface area (Å²) in [5.41, 5.74) is 16.6. The van der Waals surface area contributed by atoms with Gasteiger partial charge in [0, 0.05) is 38.9 Å². The van der Waals surface area contributed by atoms with E-state index in [1.807, 2.05) is 30.3 Å². The van der Waals surface area contributed by atoms with E-state index < -0.39 is 0 Å². The molecule has 0 saturated carbocycles. The first kappa shape index (κ1) is 36.9. The highest BCUT2D eigenvalue weighted by molar-refractivity contribution is 6.10. The Kier molecular flexibility index (Phi) is 9.74. The van der Waals surface area contributed by atoms with Gasteiger partial charge in [0.25, 0.3) is 0 Å². The maximum absolute atomic E-state index is 9.89. The lowest BCUT2D eigenvalue weighted by Crippen LogP contribution is -2.19. The number of anilines is 2. The average Bonchev–Trinajstić information content (AvgIpc) is 3.73. The Morgan fingerprint density at radius 3 is 1.88 bits per heavy atom. The molecule has 0 aliphatic heterocycles. The highest BCUT2D eigenvalue weighted by Crippen LogP contribution is 2.45. The van der Waals surface area contributed by atoms with Crippen LogP contribution in [-0.4, -0.2) is 14.8 Å². The number of allylic oxidation sites excluding steroid dienone is 4. The smallest absolute Gasteiger partial charge is 0.0681 e. The SMILES string of the molecule is C=C/C=C(\C=C1/Cc2cc(CO)ccc2C1(C)C)N(c1ccc(-c2ccccc2)cc1)c1ccc(-c2ccc3c(c2)c2ccccc2n3-c2ccc(CO)cc2)cc1. The summed E-state index contributed by atoms with van der Waals surface area (Å²) in [6.45, 7) is 8.81. The fourth-order valence-electron chi connectivity index (χ4n) is 8.68. The van der Waals surface area contributed by atoms with Crippen molar-refractivity contribution in [1.82, 2.24) is 4.57 Å². The van der Waals surface area contributed by atoms with Crippen LogP contribution in [0.1, 0.15) is 36.1 Å². The van der Waals surface area contributed by atoms with Gasteiger partial charge in [0.2, 0.25) is 0 Å². The number of benzene rings is 7. The molecule has 2 N–H and O–H groups in total. The third kappa shape index (κ3) is 6.67. The molecule has 4 heteroatoms. The Morgan fingerprint density at radius 1 is 0.621 bits per heavy atom. The maximum Gasteiger partial charge on any atom is 0.0681 e. The molecule has 1 heterocycles. The first-order chi connectivity index (χ1) is 28.4. The zero-order valence-corrected chi connectivity index (χ0v) is 32.9. The van der Waals surface area contributed by atoms with Gasteiger partial charge in [-0.05, 0) is 118 Å². The minimum absolute atomic E-state index is 0.0251. The second kappa shape index (κ2) is 15.3. The van der Waals surface area contributed by atoms with Crippen molar-refractivity contribution in [2.45, 2.75) is 38.9 Å². The van der Waals surface area contributed by atoms with E-state index in [1.54, 1.807) is 0 Å². The summed E-state index contributed by atoms with van der Waals surface area (Å²) < 4.78 is 2.30. The number of hydrogen-bond acceptors (Lipinski definition) is 3. The standard InChI is InChI=1S/C54H46N2O2/c1-4-10-48(34-44-32-43-31-38(36-58)17-29-51(43)54(44,2)3)55(45-25-18-40(19-26-45)39-11-6-5-7-12-39)46-27-20-41(21-28-46)42-22-30-53-50(33-42)49-13-8-9-14-52(49)56(53)47-23-15-37(35-57)16-24-47/h4-31,33-34,57-58H,1,32,35-36H2,2-3H3/b44-34+,48-10+. The van der Waals surface area contributed by atoms with Crippen molar-refractivity contribution in [3.63, 3.8) is 0 Å². The molecule has 7 aromatic carbocycles. The third-order valence-electron chi connectivity index (χ3n) is 11.8. The molecule has 0 spiro atoms. The zero-order valence-electron chi connectivity index (χ0n) is 32.9. The van der Waals surface area contributed by atoms with Crippen LogP contribution in [0.5, 0.6) is 0 Å². The minimum atomic E-state index is -0.180. The second-order valence-corrected chi connectivity index (χ2v) is 15.7. The van der Waals surface area contributed by atoms with Gasteiger partial charge in [-0.2, -0.15) is 0 Å². The Morgan fingerprint density at radius 2 is 1.21 bits per heavy atom. The van der Waals surface area contributed by atoms with Gasteiger partial charge in [0.15, 0.2) is 0 Å². The molecule has 1 aliphatic rings. The normalized spacial score (nSPS) is 14.3. The van der Waals surface area contributed by atoms with Gasteiger partial charge in [-0.1, -0.05) is 141 Å². The van der Waals surface area contributed by atoms with E-state index in [0.717, 1.165) is 62.5 Å². The van der Waals surface area contributed by atoms with Crippen LogP contribution in [0.25, 0.3) is 49.7 Å². The first-order valence-electron chi connectivity index (χ1n) is 19.9.